The average molecular weight is 191 g/mol. The molecule has 0 bridgehead atoms. The van der Waals surface area contributed by atoms with Crippen LogP contribution in [0.5, 0.6) is 0 Å². The lowest BCUT2D eigenvalue weighted by Gasteiger charge is -2.01. The molecular weight excluding hydrogens is 178 g/mol. The number of aryl methyl sites for hydroxylation is 3. The molecule has 2 aromatic rings. The fourth-order valence-electron chi connectivity index (χ4n) is 1.64. The van der Waals surface area contributed by atoms with Gasteiger partial charge in [-0.15, -0.1) is 0 Å². The zero-order valence-corrected chi connectivity index (χ0v) is 8.79. The summed E-state index contributed by atoms with van der Waals surface area (Å²) >= 11 is 0. The lowest BCUT2D eigenvalue weighted by molar-refractivity contribution is 0.779. The Morgan fingerprint density at radius 2 is 1.86 bits per heavy atom. The van der Waals surface area contributed by atoms with Gasteiger partial charge >= 0.3 is 0 Å². The molecule has 0 aromatic carbocycles. The van der Waals surface area contributed by atoms with Gasteiger partial charge in [0.1, 0.15) is 11.0 Å². The highest BCUT2D eigenvalue weighted by Crippen LogP contribution is 2.18. The van der Waals surface area contributed by atoms with Crippen molar-refractivity contribution in [1.82, 2.24) is 19.7 Å². The second-order valence-corrected chi connectivity index (χ2v) is 3.29. The van der Waals surface area contributed by atoms with Gasteiger partial charge in [-0.05, 0) is 13.8 Å². The normalized spacial score (nSPS) is 10.9. The first-order valence-electron chi connectivity index (χ1n) is 4.49. The molecule has 2 heterocycles. The van der Waals surface area contributed by atoms with Gasteiger partial charge in [0.15, 0.2) is 0 Å². The number of aromatic nitrogens is 4. The largest absolute Gasteiger partial charge is 0.357 e. The lowest BCUT2D eigenvalue weighted by atomic mass is 10.3. The maximum absolute atomic E-state index is 4.37. The second-order valence-electron chi connectivity index (χ2n) is 3.29. The summed E-state index contributed by atoms with van der Waals surface area (Å²) in [5.41, 5.74) is 3.80. The molecule has 0 aliphatic rings. The Morgan fingerprint density at radius 3 is 2.50 bits per heavy atom. The summed E-state index contributed by atoms with van der Waals surface area (Å²) in [5.74, 6) is 0.645. The molecule has 0 radical (unpaired) electrons. The Kier molecular flexibility index (Phi) is 1.87. The lowest BCUT2D eigenvalue weighted by Crippen LogP contribution is -2.00. The summed E-state index contributed by atoms with van der Waals surface area (Å²) in [6, 6.07) is 0. The molecule has 14 heavy (non-hydrogen) atoms. The highest BCUT2D eigenvalue weighted by molar-refractivity contribution is 5.80. The maximum atomic E-state index is 4.37. The van der Waals surface area contributed by atoms with Gasteiger partial charge in [-0.25, -0.2) is 9.97 Å². The van der Waals surface area contributed by atoms with Crippen molar-refractivity contribution in [3.8, 4) is 0 Å². The van der Waals surface area contributed by atoms with Crippen molar-refractivity contribution in [2.45, 2.75) is 13.8 Å². The van der Waals surface area contributed by atoms with Crippen LogP contribution >= 0.6 is 0 Å². The van der Waals surface area contributed by atoms with E-state index in [1.165, 1.54) is 0 Å². The molecule has 2 aromatic heterocycles. The van der Waals surface area contributed by atoms with E-state index in [9.17, 15) is 0 Å². The predicted octanol–water partition coefficient (Wildman–Crippen LogP) is 1.02. The summed E-state index contributed by atoms with van der Waals surface area (Å²) in [4.78, 5) is 8.68. The van der Waals surface area contributed by atoms with E-state index in [0.717, 1.165) is 22.4 Å². The van der Waals surface area contributed by atoms with Crippen LogP contribution in [0.25, 0.3) is 11.0 Å². The van der Waals surface area contributed by atoms with Gasteiger partial charge in [0.05, 0.1) is 11.4 Å². The van der Waals surface area contributed by atoms with E-state index in [2.05, 4.69) is 20.4 Å². The summed E-state index contributed by atoms with van der Waals surface area (Å²) in [6.07, 6.45) is 0. The quantitative estimate of drug-likeness (QED) is 0.731. The predicted molar refractivity (Wildman–Crippen MR) is 55.3 cm³/mol. The molecule has 0 amide bonds. The third-order valence-electron chi connectivity index (χ3n) is 2.25. The van der Waals surface area contributed by atoms with Gasteiger partial charge in [-0.2, -0.15) is 5.10 Å². The Hall–Kier alpha value is -1.65. The van der Waals surface area contributed by atoms with E-state index >= 15 is 0 Å². The Balaban J connectivity index is 2.86. The van der Waals surface area contributed by atoms with Gasteiger partial charge in [0.25, 0.3) is 0 Å². The third-order valence-corrected chi connectivity index (χ3v) is 2.25. The SMILES string of the molecule is CNc1nc(C)c2c(n1)c(C)nn2C. The molecule has 0 aliphatic heterocycles. The molecule has 0 atom stereocenters. The molecule has 2 rings (SSSR count). The summed E-state index contributed by atoms with van der Waals surface area (Å²) in [6.45, 7) is 3.92. The fraction of sp³-hybridized carbons (Fsp3) is 0.444. The summed E-state index contributed by atoms with van der Waals surface area (Å²) < 4.78 is 1.82. The smallest absolute Gasteiger partial charge is 0.223 e. The van der Waals surface area contributed by atoms with Crippen molar-refractivity contribution in [3.05, 3.63) is 11.4 Å². The van der Waals surface area contributed by atoms with Crippen molar-refractivity contribution < 1.29 is 0 Å². The van der Waals surface area contributed by atoms with E-state index in [4.69, 9.17) is 0 Å². The number of hydrogen-bond donors (Lipinski definition) is 1. The van der Waals surface area contributed by atoms with Gasteiger partial charge in [0.2, 0.25) is 5.95 Å². The first kappa shape index (κ1) is 8.93. The standard InChI is InChI=1S/C9H13N5/c1-5-7-8(14(4)13-5)6(2)11-9(10-3)12-7/h1-4H3,(H,10,11,12). The van der Waals surface area contributed by atoms with Crippen LogP contribution < -0.4 is 5.32 Å². The van der Waals surface area contributed by atoms with Crippen molar-refractivity contribution in [2.24, 2.45) is 7.05 Å². The molecule has 0 unspecified atom stereocenters. The Morgan fingerprint density at radius 1 is 1.14 bits per heavy atom. The number of nitrogens with one attached hydrogen (secondary N) is 1. The van der Waals surface area contributed by atoms with Crippen LogP contribution in [-0.4, -0.2) is 26.8 Å². The van der Waals surface area contributed by atoms with E-state index < -0.39 is 0 Å². The minimum absolute atomic E-state index is 0.645. The van der Waals surface area contributed by atoms with Crippen LogP contribution in [0.4, 0.5) is 5.95 Å². The van der Waals surface area contributed by atoms with Gasteiger partial charge in [-0.1, -0.05) is 0 Å². The minimum Gasteiger partial charge on any atom is -0.357 e. The summed E-state index contributed by atoms with van der Waals surface area (Å²) in [7, 11) is 3.72. The van der Waals surface area contributed by atoms with Crippen LogP contribution in [0.3, 0.4) is 0 Å². The topological polar surface area (TPSA) is 55.6 Å². The molecule has 5 nitrogen and oxygen atoms in total. The van der Waals surface area contributed by atoms with Gasteiger partial charge in [0, 0.05) is 14.1 Å². The first-order valence-corrected chi connectivity index (χ1v) is 4.49. The molecular formula is C9H13N5. The number of rotatable bonds is 1. The van der Waals surface area contributed by atoms with Crippen LogP contribution in [0.15, 0.2) is 0 Å². The van der Waals surface area contributed by atoms with Crippen molar-refractivity contribution in [1.29, 1.82) is 0 Å². The van der Waals surface area contributed by atoms with E-state index in [1.54, 1.807) is 0 Å². The number of nitrogens with zero attached hydrogens (tertiary/aromatic N) is 4. The van der Waals surface area contributed by atoms with Crippen molar-refractivity contribution >= 4 is 17.0 Å². The Bertz CT molecular complexity index is 485. The number of fused-ring (bicyclic) bond motifs is 1. The zero-order chi connectivity index (χ0) is 10.3. The van der Waals surface area contributed by atoms with E-state index in [0.29, 0.717) is 5.95 Å². The van der Waals surface area contributed by atoms with Crippen molar-refractivity contribution in [2.75, 3.05) is 12.4 Å². The van der Waals surface area contributed by atoms with E-state index in [-0.39, 0.29) is 0 Å². The number of anilines is 1. The van der Waals surface area contributed by atoms with Gasteiger partial charge < -0.3 is 5.32 Å². The first-order chi connectivity index (χ1) is 6.63. The highest BCUT2D eigenvalue weighted by Gasteiger charge is 2.10. The average Bonchev–Trinajstić information content (AvgIpc) is 2.42. The molecule has 0 aliphatic carbocycles. The van der Waals surface area contributed by atoms with E-state index in [1.807, 2.05) is 32.6 Å². The molecule has 5 heteroatoms. The molecule has 0 saturated heterocycles. The molecule has 0 fully saturated rings. The second kappa shape index (κ2) is 2.94. The molecule has 74 valence electrons. The van der Waals surface area contributed by atoms with Crippen LogP contribution in [0, 0.1) is 13.8 Å². The monoisotopic (exact) mass is 191 g/mol. The zero-order valence-electron chi connectivity index (χ0n) is 8.79. The summed E-state index contributed by atoms with van der Waals surface area (Å²) in [5, 5.41) is 7.25. The number of hydrogen-bond acceptors (Lipinski definition) is 4. The molecule has 0 spiro atoms. The van der Waals surface area contributed by atoms with Crippen LogP contribution in [-0.2, 0) is 7.05 Å². The fourth-order valence-corrected chi connectivity index (χ4v) is 1.64. The third kappa shape index (κ3) is 1.13. The van der Waals surface area contributed by atoms with Gasteiger partial charge in [-0.3, -0.25) is 4.68 Å². The highest BCUT2D eigenvalue weighted by atomic mass is 15.3. The molecule has 1 N–H and O–H groups in total. The van der Waals surface area contributed by atoms with Crippen LogP contribution in [0.2, 0.25) is 0 Å². The minimum atomic E-state index is 0.645. The van der Waals surface area contributed by atoms with Crippen LogP contribution in [0.1, 0.15) is 11.4 Å². The van der Waals surface area contributed by atoms with Crippen molar-refractivity contribution in [3.63, 3.8) is 0 Å². The molecule has 0 saturated carbocycles. The maximum Gasteiger partial charge on any atom is 0.223 e. The Labute approximate surface area is 82.2 Å².